The Morgan fingerprint density at radius 3 is 2.57 bits per heavy atom. The molecule has 2 aromatic rings. The Hall–Kier alpha value is -2.20. The van der Waals surface area contributed by atoms with Gasteiger partial charge in [0.15, 0.2) is 6.10 Å². The number of nitrogens with one attached hydrogen (secondary N) is 1. The molecule has 0 saturated carbocycles. The van der Waals surface area contributed by atoms with Crippen LogP contribution in [0.2, 0.25) is 5.02 Å². The van der Waals surface area contributed by atoms with Crippen LogP contribution < -0.4 is 14.8 Å². The van der Waals surface area contributed by atoms with E-state index in [1.165, 1.54) is 0 Å². The lowest BCUT2D eigenvalue weighted by Gasteiger charge is -2.18. The average Bonchev–Trinajstić information content (AvgIpc) is 2.54. The molecule has 0 unspecified atom stereocenters. The summed E-state index contributed by atoms with van der Waals surface area (Å²) < 4.78 is 10.9. The minimum atomic E-state index is -0.572. The van der Waals surface area contributed by atoms with Crippen LogP contribution in [0, 0.1) is 6.92 Å². The fourth-order valence-corrected chi connectivity index (χ4v) is 2.39. The third-order valence-electron chi connectivity index (χ3n) is 3.45. The summed E-state index contributed by atoms with van der Waals surface area (Å²) in [5.74, 6) is 1.06. The van der Waals surface area contributed by atoms with Crippen molar-refractivity contribution in [1.82, 2.24) is 0 Å². The van der Waals surface area contributed by atoms with Gasteiger partial charge in [0, 0.05) is 5.69 Å². The number of rotatable bonds is 6. The third kappa shape index (κ3) is 4.39. The number of hydrogen-bond acceptors (Lipinski definition) is 3. The van der Waals surface area contributed by atoms with Crippen molar-refractivity contribution < 1.29 is 14.3 Å². The van der Waals surface area contributed by atoms with Gasteiger partial charge in [0.2, 0.25) is 0 Å². The first-order chi connectivity index (χ1) is 11.0. The van der Waals surface area contributed by atoms with Crippen LogP contribution in [-0.2, 0) is 4.79 Å². The Bertz CT molecular complexity index is 688. The maximum atomic E-state index is 12.4. The van der Waals surface area contributed by atoms with E-state index in [1.54, 1.807) is 25.3 Å². The molecule has 0 radical (unpaired) electrons. The van der Waals surface area contributed by atoms with Crippen molar-refractivity contribution in [3.05, 3.63) is 53.1 Å². The van der Waals surface area contributed by atoms with Crippen LogP contribution in [0.4, 0.5) is 5.69 Å². The number of para-hydroxylation sites is 1. The summed E-state index contributed by atoms with van der Waals surface area (Å²) in [7, 11) is 1.54. The van der Waals surface area contributed by atoms with E-state index in [0.29, 0.717) is 28.6 Å². The molecular weight excluding hydrogens is 314 g/mol. The standard InChI is InChI=1S/C18H20ClNO3/c1-4-15(23-16-8-6-5-7-12(16)2)18(21)20-13-9-10-17(22-3)14(19)11-13/h5-11,15H,4H2,1-3H3,(H,20,21)/t15-/m1/s1. The normalized spacial score (nSPS) is 11.7. The van der Waals surface area contributed by atoms with Gasteiger partial charge >= 0.3 is 0 Å². The average molecular weight is 334 g/mol. The molecule has 0 aliphatic rings. The Kier molecular flexibility index (Phi) is 5.88. The highest BCUT2D eigenvalue weighted by atomic mass is 35.5. The molecule has 0 bridgehead atoms. The summed E-state index contributed by atoms with van der Waals surface area (Å²) in [6.07, 6.45) is -0.0127. The van der Waals surface area contributed by atoms with Gasteiger partial charge in [-0.2, -0.15) is 0 Å². The molecule has 1 amide bonds. The van der Waals surface area contributed by atoms with Gasteiger partial charge < -0.3 is 14.8 Å². The van der Waals surface area contributed by atoms with E-state index in [0.717, 1.165) is 5.56 Å². The van der Waals surface area contributed by atoms with E-state index in [1.807, 2.05) is 38.1 Å². The van der Waals surface area contributed by atoms with Gasteiger partial charge in [-0.15, -0.1) is 0 Å². The van der Waals surface area contributed by atoms with Crippen molar-refractivity contribution in [1.29, 1.82) is 0 Å². The molecule has 1 N–H and O–H groups in total. The predicted molar refractivity (Wildman–Crippen MR) is 92.5 cm³/mol. The topological polar surface area (TPSA) is 47.6 Å². The van der Waals surface area contributed by atoms with Crippen molar-refractivity contribution in [2.45, 2.75) is 26.4 Å². The lowest BCUT2D eigenvalue weighted by atomic mass is 10.2. The quantitative estimate of drug-likeness (QED) is 0.849. The second-order valence-corrected chi connectivity index (χ2v) is 5.53. The SMILES string of the molecule is CC[C@@H](Oc1ccccc1C)C(=O)Nc1ccc(OC)c(Cl)c1. The van der Waals surface area contributed by atoms with Crippen LogP contribution in [-0.4, -0.2) is 19.1 Å². The number of methoxy groups -OCH3 is 1. The predicted octanol–water partition coefficient (Wildman–Crippen LogP) is 4.45. The van der Waals surface area contributed by atoms with Crippen LogP contribution in [0.15, 0.2) is 42.5 Å². The molecular formula is C18H20ClNO3. The van der Waals surface area contributed by atoms with E-state index < -0.39 is 6.10 Å². The molecule has 5 heteroatoms. The fourth-order valence-electron chi connectivity index (χ4n) is 2.13. The number of anilines is 1. The molecule has 2 rings (SSSR count). The first-order valence-corrected chi connectivity index (χ1v) is 7.79. The monoisotopic (exact) mass is 333 g/mol. The summed E-state index contributed by atoms with van der Waals surface area (Å²) in [5, 5.41) is 3.26. The minimum Gasteiger partial charge on any atom is -0.495 e. The van der Waals surface area contributed by atoms with Crippen molar-refractivity contribution in [2.24, 2.45) is 0 Å². The van der Waals surface area contributed by atoms with Crippen LogP contribution in [0.1, 0.15) is 18.9 Å². The number of ether oxygens (including phenoxy) is 2. The Morgan fingerprint density at radius 2 is 1.96 bits per heavy atom. The molecule has 2 aromatic carbocycles. The summed E-state index contributed by atoms with van der Waals surface area (Å²) in [6.45, 7) is 3.85. The molecule has 0 fully saturated rings. The van der Waals surface area contributed by atoms with E-state index in [4.69, 9.17) is 21.1 Å². The number of carbonyl (C=O) groups excluding carboxylic acids is 1. The molecule has 4 nitrogen and oxygen atoms in total. The highest BCUT2D eigenvalue weighted by Gasteiger charge is 2.19. The Labute approximate surface area is 141 Å². The van der Waals surface area contributed by atoms with Crippen molar-refractivity contribution in [2.75, 3.05) is 12.4 Å². The summed E-state index contributed by atoms with van der Waals surface area (Å²) in [6, 6.07) is 12.7. The first-order valence-electron chi connectivity index (χ1n) is 7.41. The Balaban J connectivity index is 2.08. The number of amides is 1. The highest BCUT2D eigenvalue weighted by molar-refractivity contribution is 6.32. The van der Waals surface area contributed by atoms with Gasteiger partial charge in [-0.05, 0) is 43.2 Å². The molecule has 0 heterocycles. The van der Waals surface area contributed by atoms with Crippen LogP contribution in [0.25, 0.3) is 0 Å². The van der Waals surface area contributed by atoms with Gasteiger partial charge in [0.05, 0.1) is 12.1 Å². The molecule has 0 aromatic heterocycles. The lowest BCUT2D eigenvalue weighted by Crippen LogP contribution is -2.32. The van der Waals surface area contributed by atoms with Crippen molar-refractivity contribution >= 4 is 23.2 Å². The minimum absolute atomic E-state index is 0.211. The third-order valence-corrected chi connectivity index (χ3v) is 3.74. The largest absolute Gasteiger partial charge is 0.495 e. The Morgan fingerprint density at radius 1 is 1.22 bits per heavy atom. The summed E-state index contributed by atoms with van der Waals surface area (Å²) >= 11 is 6.07. The summed E-state index contributed by atoms with van der Waals surface area (Å²) in [5.41, 5.74) is 1.60. The molecule has 0 aliphatic carbocycles. The number of aryl methyl sites for hydroxylation is 1. The highest BCUT2D eigenvalue weighted by Crippen LogP contribution is 2.27. The fraction of sp³-hybridized carbons (Fsp3) is 0.278. The lowest BCUT2D eigenvalue weighted by molar-refractivity contribution is -0.122. The first kappa shape index (κ1) is 17.2. The van der Waals surface area contributed by atoms with Crippen LogP contribution in [0.5, 0.6) is 11.5 Å². The van der Waals surface area contributed by atoms with E-state index in [2.05, 4.69) is 5.32 Å². The van der Waals surface area contributed by atoms with Gasteiger partial charge in [-0.3, -0.25) is 4.79 Å². The zero-order valence-electron chi connectivity index (χ0n) is 13.4. The maximum absolute atomic E-state index is 12.4. The van der Waals surface area contributed by atoms with E-state index in [9.17, 15) is 4.79 Å². The second-order valence-electron chi connectivity index (χ2n) is 5.12. The van der Waals surface area contributed by atoms with Gasteiger partial charge in [-0.25, -0.2) is 0 Å². The molecule has 0 saturated heterocycles. The molecule has 0 aliphatic heterocycles. The number of hydrogen-bond donors (Lipinski definition) is 1. The van der Waals surface area contributed by atoms with E-state index in [-0.39, 0.29) is 5.91 Å². The van der Waals surface area contributed by atoms with Crippen LogP contribution in [0.3, 0.4) is 0 Å². The van der Waals surface area contributed by atoms with Crippen LogP contribution >= 0.6 is 11.6 Å². The van der Waals surface area contributed by atoms with Gasteiger partial charge in [0.25, 0.3) is 5.91 Å². The van der Waals surface area contributed by atoms with E-state index >= 15 is 0 Å². The second kappa shape index (κ2) is 7.88. The smallest absolute Gasteiger partial charge is 0.265 e. The summed E-state index contributed by atoms with van der Waals surface area (Å²) in [4.78, 5) is 12.4. The molecule has 1 atom stereocenters. The van der Waals surface area contributed by atoms with Crippen molar-refractivity contribution in [3.8, 4) is 11.5 Å². The number of benzene rings is 2. The number of carbonyl (C=O) groups is 1. The number of halogens is 1. The zero-order valence-corrected chi connectivity index (χ0v) is 14.2. The van der Waals surface area contributed by atoms with Crippen molar-refractivity contribution in [3.63, 3.8) is 0 Å². The molecule has 122 valence electrons. The molecule has 0 spiro atoms. The zero-order chi connectivity index (χ0) is 16.8. The van der Waals surface area contributed by atoms with Gasteiger partial charge in [-0.1, -0.05) is 36.7 Å². The molecule has 23 heavy (non-hydrogen) atoms. The van der Waals surface area contributed by atoms with Gasteiger partial charge in [0.1, 0.15) is 11.5 Å². The maximum Gasteiger partial charge on any atom is 0.265 e.